The summed E-state index contributed by atoms with van der Waals surface area (Å²) in [4.78, 5) is 29.9. The molecule has 1 N–H and O–H groups in total. The van der Waals surface area contributed by atoms with E-state index in [4.69, 9.17) is 9.15 Å². The van der Waals surface area contributed by atoms with Crippen LogP contribution in [0, 0.1) is 12.7 Å². The molecule has 190 valence electrons. The molecule has 1 atom stereocenters. The molecule has 3 aromatic rings. The van der Waals surface area contributed by atoms with Crippen molar-refractivity contribution < 1.29 is 23.1 Å². The molecule has 0 aliphatic carbocycles. The van der Waals surface area contributed by atoms with Crippen LogP contribution in [-0.2, 0) is 22.6 Å². The number of urea groups is 1. The summed E-state index contributed by atoms with van der Waals surface area (Å²) in [5.41, 5.74) is 1.40. The zero-order chi connectivity index (χ0) is 25.5. The van der Waals surface area contributed by atoms with Crippen LogP contribution in [0.5, 0.6) is 0 Å². The highest BCUT2D eigenvalue weighted by atomic mass is 79.9. The van der Waals surface area contributed by atoms with E-state index in [1.807, 2.05) is 31.2 Å². The van der Waals surface area contributed by atoms with Gasteiger partial charge in [-0.2, -0.15) is 0 Å². The third-order valence-corrected chi connectivity index (χ3v) is 6.47. The fraction of sp³-hybridized carbons (Fsp3) is 0.333. The number of benzene rings is 2. The summed E-state index contributed by atoms with van der Waals surface area (Å²) in [6.45, 7) is 3.13. The minimum absolute atomic E-state index is 0.119. The number of nitrogens with zero attached hydrogens (tertiary/aromatic N) is 2. The van der Waals surface area contributed by atoms with Gasteiger partial charge in [0.05, 0.1) is 12.6 Å². The van der Waals surface area contributed by atoms with Crippen LogP contribution in [0.25, 0.3) is 0 Å². The van der Waals surface area contributed by atoms with Gasteiger partial charge in [0.25, 0.3) is 0 Å². The van der Waals surface area contributed by atoms with Gasteiger partial charge < -0.3 is 24.3 Å². The van der Waals surface area contributed by atoms with Crippen LogP contribution < -0.4 is 5.32 Å². The molecule has 0 spiro atoms. The lowest BCUT2D eigenvalue weighted by Crippen LogP contribution is -2.46. The van der Waals surface area contributed by atoms with Crippen LogP contribution in [-0.4, -0.2) is 47.5 Å². The van der Waals surface area contributed by atoms with Crippen LogP contribution in [0.2, 0.25) is 0 Å². The second-order valence-electron chi connectivity index (χ2n) is 8.84. The third-order valence-electron chi connectivity index (χ3n) is 5.94. The van der Waals surface area contributed by atoms with E-state index in [1.54, 1.807) is 29.2 Å². The van der Waals surface area contributed by atoms with Crippen LogP contribution in [0.1, 0.15) is 29.9 Å². The Labute approximate surface area is 218 Å². The van der Waals surface area contributed by atoms with Gasteiger partial charge in [-0.1, -0.05) is 28.1 Å². The van der Waals surface area contributed by atoms with E-state index in [0.29, 0.717) is 24.6 Å². The summed E-state index contributed by atoms with van der Waals surface area (Å²) >= 11 is 3.39. The lowest BCUT2D eigenvalue weighted by atomic mass is 10.2. The van der Waals surface area contributed by atoms with Crippen molar-refractivity contribution in [3.63, 3.8) is 0 Å². The van der Waals surface area contributed by atoms with Gasteiger partial charge in [0.1, 0.15) is 23.9 Å². The minimum Gasteiger partial charge on any atom is -0.464 e. The van der Waals surface area contributed by atoms with Crippen molar-refractivity contribution >= 4 is 33.6 Å². The summed E-state index contributed by atoms with van der Waals surface area (Å²) in [7, 11) is 0. The van der Waals surface area contributed by atoms with Crippen LogP contribution in [0.3, 0.4) is 0 Å². The number of anilines is 1. The molecule has 1 aliphatic heterocycles. The van der Waals surface area contributed by atoms with E-state index in [9.17, 15) is 14.0 Å². The summed E-state index contributed by atoms with van der Waals surface area (Å²) in [5.74, 6) is 0.781. The molecule has 1 aliphatic rings. The molecule has 1 aromatic heterocycles. The average Bonchev–Trinajstić information content (AvgIpc) is 3.52. The molecular weight excluding hydrogens is 529 g/mol. The molecule has 0 saturated carbocycles. The first-order chi connectivity index (χ1) is 17.4. The predicted molar refractivity (Wildman–Crippen MR) is 138 cm³/mol. The van der Waals surface area contributed by atoms with Gasteiger partial charge in [-0.25, -0.2) is 9.18 Å². The summed E-state index contributed by atoms with van der Waals surface area (Å²) < 4.78 is 25.8. The molecule has 0 bridgehead atoms. The SMILES string of the molecule is Cc1ccc(CN(Cc2ccc(F)cc2)C(=O)CN(CC2CCCO2)C(=O)Nc2ccc(Br)cc2)o1. The lowest BCUT2D eigenvalue weighted by molar-refractivity contribution is -0.133. The number of nitrogens with one attached hydrogen (secondary N) is 1. The number of hydrogen-bond donors (Lipinski definition) is 1. The normalized spacial score (nSPS) is 15.0. The number of hydrogen-bond acceptors (Lipinski definition) is 4. The molecule has 9 heteroatoms. The molecule has 2 heterocycles. The summed E-state index contributed by atoms with van der Waals surface area (Å²) in [5, 5.41) is 2.88. The standard InChI is InChI=1S/C27H29BrFN3O4/c1-19-4-13-25(36-19)17-31(15-20-5-9-22(29)10-6-20)26(33)18-32(16-24-3-2-14-35-24)27(34)30-23-11-7-21(28)8-12-23/h4-13,24H,2-3,14-18H2,1H3,(H,30,34). The lowest BCUT2D eigenvalue weighted by Gasteiger charge is -2.29. The van der Waals surface area contributed by atoms with Gasteiger partial charge in [0, 0.05) is 29.9 Å². The summed E-state index contributed by atoms with van der Waals surface area (Å²) in [6, 6.07) is 16.5. The number of aryl methyl sites for hydroxylation is 1. The first kappa shape index (κ1) is 25.9. The maximum Gasteiger partial charge on any atom is 0.322 e. The number of furan rings is 1. The maximum atomic E-state index is 13.6. The van der Waals surface area contributed by atoms with Crippen molar-refractivity contribution in [2.75, 3.05) is 25.0 Å². The number of carbonyl (C=O) groups excluding carboxylic acids is 2. The first-order valence-electron chi connectivity index (χ1n) is 11.9. The quantitative estimate of drug-likeness (QED) is 0.364. The molecule has 1 unspecified atom stereocenters. The third kappa shape index (κ3) is 7.41. The Morgan fingerprint density at radius 1 is 1.03 bits per heavy atom. The molecular formula is C27H29BrFN3O4. The van der Waals surface area contributed by atoms with Crippen molar-refractivity contribution in [2.24, 2.45) is 0 Å². The van der Waals surface area contributed by atoms with E-state index in [0.717, 1.165) is 28.6 Å². The molecule has 7 nitrogen and oxygen atoms in total. The highest BCUT2D eigenvalue weighted by Crippen LogP contribution is 2.18. The number of carbonyl (C=O) groups is 2. The van der Waals surface area contributed by atoms with E-state index < -0.39 is 0 Å². The van der Waals surface area contributed by atoms with Crippen LogP contribution in [0.15, 0.2) is 69.6 Å². The van der Waals surface area contributed by atoms with E-state index in [2.05, 4.69) is 21.2 Å². The topological polar surface area (TPSA) is 75.0 Å². The van der Waals surface area contributed by atoms with Gasteiger partial charge in [0.15, 0.2) is 0 Å². The van der Waals surface area contributed by atoms with E-state index >= 15 is 0 Å². The molecule has 1 fully saturated rings. The van der Waals surface area contributed by atoms with Crippen LogP contribution >= 0.6 is 15.9 Å². The number of amides is 3. The highest BCUT2D eigenvalue weighted by molar-refractivity contribution is 9.10. The predicted octanol–water partition coefficient (Wildman–Crippen LogP) is 5.73. The molecule has 3 amide bonds. The zero-order valence-electron chi connectivity index (χ0n) is 20.1. The monoisotopic (exact) mass is 557 g/mol. The Hall–Kier alpha value is -3.17. The molecule has 36 heavy (non-hydrogen) atoms. The number of halogens is 2. The molecule has 1 saturated heterocycles. The molecule has 2 aromatic carbocycles. The van der Waals surface area contributed by atoms with Crippen molar-refractivity contribution in [1.29, 1.82) is 0 Å². The van der Waals surface area contributed by atoms with Gasteiger partial charge in [-0.15, -0.1) is 0 Å². The smallest absolute Gasteiger partial charge is 0.322 e. The van der Waals surface area contributed by atoms with Crippen molar-refractivity contribution in [3.8, 4) is 0 Å². The number of rotatable bonds is 9. The Bertz CT molecular complexity index is 1160. The van der Waals surface area contributed by atoms with Gasteiger partial charge >= 0.3 is 6.03 Å². The second kappa shape index (κ2) is 12.2. The molecule has 0 radical (unpaired) electrons. The first-order valence-corrected chi connectivity index (χ1v) is 12.7. The maximum absolute atomic E-state index is 13.6. The Balaban J connectivity index is 1.51. The van der Waals surface area contributed by atoms with Crippen molar-refractivity contribution in [1.82, 2.24) is 9.80 Å². The molecule has 4 rings (SSSR count). The van der Waals surface area contributed by atoms with E-state index in [-0.39, 0.29) is 43.5 Å². The fourth-order valence-electron chi connectivity index (χ4n) is 4.05. The number of ether oxygens (including phenoxy) is 1. The van der Waals surface area contributed by atoms with Crippen LogP contribution in [0.4, 0.5) is 14.9 Å². The fourth-order valence-corrected chi connectivity index (χ4v) is 4.32. The Morgan fingerprint density at radius 3 is 2.42 bits per heavy atom. The Morgan fingerprint density at radius 2 is 1.78 bits per heavy atom. The second-order valence-corrected chi connectivity index (χ2v) is 9.76. The van der Waals surface area contributed by atoms with Crippen molar-refractivity contribution in [2.45, 2.75) is 39.0 Å². The van der Waals surface area contributed by atoms with E-state index in [1.165, 1.54) is 17.0 Å². The Kier molecular flexibility index (Phi) is 8.77. The highest BCUT2D eigenvalue weighted by Gasteiger charge is 2.27. The largest absolute Gasteiger partial charge is 0.464 e. The summed E-state index contributed by atoms with van der Waals surface area (Å²) in [6.07, 6.45) is 1.64. The average molecular weight is 558 g/mol. The van der Waals surface area contributed by atoms with Gasteiger partial charge in [-0.3, -0.25) is 4.79 Å². The minimum atomic E-state index is -0.378. The van der Waals surface area contributed by atoms with Gasteiger partial charge in [-0.05, 0) is 73.9 Å². The van der Waals surface area contributed by atoms with Crippen molar-refractivity contribution in [3.05, 3.63) is 88.0 Å². The van der Waals surface area contributed by atoms with Gasteiger partial charge in [0.2, 0.25) is 5.91 Å². The zero-order valence-corrected chi connectivity index (χ0v) is 21.7.